The Morgan fingerprint density at radius 2 is 0.733 bits per heavy atom. The molecule has 21 heteroatoms. The average molecular weight is 600 g/mol. The van der Waals surface area contributed by atoms with Crippen LogP contribution in [-0.4, -0.2) is 44.9 Å². The normalized spacial score (nSPS) is 13.2. The van der Waals surface area contributed by atoms with Crippen LogP contribution in [0.4, 0.5) is 13.2 Å². The molecule has 0 saturated carbocycles. The van der Waals surface area contributed by atoms with E-state index in [0.29, 0.717) is 0 Å². The molecule has 0 atom stereocenters. The van der Waals surface area contributed by atoms with Crippen LogP contribution in [0.5, 0.6) is 0 Å². The first kappa shape index (κ1) is 26.4. The van der Waals surface area contributed by atoms with Crippen LogP contribution >= 0.6 is 0 Å². The van der Waals surface area contributed by atoms with Crippen LogP contribution in [0.25, 0.3) is 16.7 Å². The highest BCUT2D eigenvalue weighted by molar-refractivity contribution is 5.82. The fraction of sp³-hybridized carbons (Fsp3) is 0. The minimum atomic E-state index is -1.09. The van der Waals surface area contributed by atoms with Gasteiger partial charge in [-0.05, 0) is 0 Å². The van der Waals surface area contributed by atoms with Crippen molar-refractivity contribution in [3.63, 3.8) is 0 Å². The summed E-state index contributed by atoms with van der Waals surface area (Å²) in [6, 6.07) is 5.53. The summed E-state index contributed by atoms with van der Waals surface area (Å²) in [7, 11) is 0. The number of allylic oxidation sites excluding steroid dienone is 3. The Labute approximate surface area is 243 Å². The maximum absolute atomic E-state index is 13.6. The number of nitriles is 3. The molecular formula is C24H3F3N18. The van der Waals surface area contributed by atoms with E-state index in [1.165, 1.54) is 0 Å². The van der Waals surface area contributed by atoms with Crippen molar-refractivity contribution in [1.29, 1.82) is 15.8 Å². The summed E-state index contributed by atoms with van der Waals surface area (Å²) in [5, 5.41) is 30.4. The lowest BCUT2D eigenvalue weighted by atomic mass is 10.2. The third-order valence-corrected chi connectivity index (χ3v) is 5.79. The van der Waals surface area contributed by atoms with Crippen molar-refractivity contribution >= 4 is 16.7 Å². The Hall–Kier alpha value is -7.47. The maximum Gasteiger partial charge on any atom is 0.310 e. The third-order valence-electron chi connectivity index (χ3n) is 5.79. The Balaban J connectivity index is 1.50. The molecule has 0 aliphatic carbocycles. The Morgan fingerprint density at radius 3 is 1.00 bits per heavy atom. The van der Waals surface area contributed by atoms with Gasteiger partial charge < -0.3 is 0 Å². The van der Waals surface area contributed by atoms with E-state index in [0.717, 1.165) is 18.6 Å². The minimum Gasteiger partial charge on any atom is -0.222 e. The summed E-state index contributed by atoms with van der Waals surface area (Å²) in [4.78, 5) is 57.9. The number of hydrogen-bond acceptors (Lipinski definition) is 18. The Bertz CT molecular complexity index is 2370. The van der Waals surface area contributed by atoms with Gasteiger partial charge >= 0.3 is 18.2 Å². The van der Waals surface area contributed by atoms with Crippen LogP contribution in [-0.2, 0) is 0 Å². The summed E-state index contributed by atoms with van der Waals surface area (Å²) < 4.78 is 40.8. The quantitative estimate of drug-likeness (QED) is 0.169. The van der Waals surface area contributed by atoms with Gasteiger partial charge in [-0.2, -0.15) is 43.9 Å². The van der Waals surface area contributed by atoms with Gasteiger partial charge in [-0.1, -0.05) is 0 Å². The predicted molar refractivity (Wildman–Crippen MR) is 130 cm³/mol. The van der Waals surface area contributed by atoms with Gasteiger partial charge in [-0.25, -0.2) is 59.9 Å². The molecule has 7 rings (SSSR count). The van der Waals surface area contributed by atoms with E-state index in [9.17, 15) is 29.0 Å². The molecule has 0 bridgehead atoms. The topological polar surface area (TPSA) is 262 Å². The van der Waals surface area contributed by atoms with Crippen molar-refractivity contribution in [2.45, 2.75) is 0 Å². The molecular weight excluding hydrogens is 597 g/mol. The van der Waals surface area contributed by atoms with Gasteiger partial charge in [0.15, 0.2) is 51.4 Å². The van der Waals surface area contributed by atoms with Crippen LogP contribution in [0.15, 0.2) is 66.0 Å². The summed E-state index contributed by atoms with van der Waals surface area (Å²) in [6.07, 6.45) is -0.125. The lowest BCUT2D eigenvalue weighted by Crippen LogP contribution is -2.27. The van der Waals surface area contributed by atoms with Gasteiger partial charge in [-0.3, -0.25) is 0 Å². The van der Waals surface area contributed by atoms with E-state index < -0.39 is 52.4 Å². The van der Waals surface area contributed by atoms with Gasteiger partial charge in [0.25, 0.3) is 0 Å². The lowest BCUT2D eigenvalue weighted by molar-refractivity contribution is 0.530. The molecule has 7 heterocycles. The summed E-state index contributed by atoms with van der Waals surface area (Å²) >= 11 is 0. The van der Waals surface area contributed by atoms with E-state index in [1.807, 2.05) is 18.2 Å². The Kier molecular flexibility index (Phi) is 5.94. The fourth-order valence-electron chi connectivity index (χ4n) is 3.89. The van der Waals surface area contributed by atoms with E-state index in [-0.39, 0.29) is 50.0 Å². The van der Waals surface area contributed by atoms with Gasteiger partial charge in [0, 0.05) is 0 Å². The van der Waals surface area contributed by atoms with Gasteiger partial charge in [-0.15, -0.1) is 0 Å². The van der Waals surface area contributed by atoms with Crippen LogP contribution < -0.4 is 32.5 Å². The number of nitrogens with zero attached hydrogens (tertiary/aromatic N) is 18. The lowest BCUT2D eigenvalue weighted by Gasteiger charge is -2.07. The molecule has 0 N–H and O–H groups in total. The molecule has 0 radical (unpaired) electrons. The largest absolute Gasteiger partial charge is 0.310 e. The molecule has 0 amide bonds. The van der Waals surface area contributed by atoms with Crippen molar-refractivity contribution in [3.05, 3.63) is 104 Å². The number of rotatable bonds is 3. The van der Waals surface area contributed by atoms with Gasteiger partial charge in [0.1, 0.15) is 51.0 Å². The standard InChI is InChI=1S/C24H3F3N18/c25-22-31-4-10-19(43-22)40-13(34-10)7(1-28)16-37-17(8(2-29)14-35-11-5-32-23(26)44-20(11)41-14)39-18(38-16)9(3-30)15-36-12-6-33-24(27)45-21(12)42-15/h4-6H. The number of halogens is 3. The predicted octanol–water partition coefficient (Wildman–Crippen LogP) is -2.91. The van der Waals surface area contributed by atoms with E-state index in [1.54, 1.807) is 0 Å². The van der Waals surface area contributed by atoms with Crippen molar-refractivity contribution in [2.24, 2.45) is 30.0 Å². The molecule has 3 aliphatic rings. The highest BCUT2D eigenvalue weighted by Crippen LogP contribution is 2.25. The second-order valence-electron chi connectivity index (χ2n) is 8.45. The minimum absolute atomic E-state index is 0.0395. The molecule has 3 aliphatic heterocycles. The molecule has 4 aromatic heterocycles. The SMILES string of the molecule is N#CC(=C1N=c2cnc(F)nc2=N1)c1nc(C(C#N)=C2N=c3cnc(F)nc3=N2)nc(C(C#N)=C2N=c3cnc(F)nc3=N2)n1. The van der Waals surface area contributed by atoms with Crippen molar-refractivity contribution in [1.82, 2.24) is 44.9 Å². The maximum atomic E-state index is 13.6. The summed E-state index contributed by atoms with van der Waals surface area (Å²) in [5.41, 5.74) is -1.75. The van der Waals surface area contributed by atoms with Crippen molar-refractivity contribution in [3.8, 4) is 18.2 Å². The molecule has 0 aromatic carbocycles. The monoisotopic (exact) mass is 600 g/mol. The first-order valence-corrected chi connectivity index (χ1v) is 11.9. The van der Waals surface area contributed by atoms with E-state index in [2.05, 4.69) is 74.8 Å². The first-order valence-electron chi connectivity index (χ1n) is 11.9. The smallest absolute Gasteiger partial charge is 0.222 e. The van der Waals surface area contributed by atoms with Crippen LogP contribution in [0.3, 0.4) is 0 Å². The Morgan fingerprint density at radius 1 is 0.444 bits per heavy atom. The number of hydrogen-bond donors (Lipinski definition) is 0. The third kappa shape index (κ3) is 4.58. The van der Waals surface area contributed by atoms with Crippen LogP contribution in [0, 0.1) is 52.2 Å². The van der Waals surface area contributed by atoms with E-state index in [4.69, 9.17) is 0 Å². The highest BCUT2D eigenvalue weighted by Gasteiger charge is 2.25. The van der Waals surface area contributed by atoms with Crippen LogP contribution in [0.2, 0.25) is 0 Å². The zero-order chi connectivity index (χ0) is 31.2. The second kappa shape index (κ2) is 10.1. The van der Waals surface area contributed by atoms with Gasteiger partial charge in [0.2, 0.25) is 0 Å². The molecule has 0 spiro atoms. The molecule has 18 nitrogen and oxygen atoms in total. The summed E-state index contributed by atoms with van der Waals surface area (Å²) in [6.45, 7) is 0. The van der Waals surface area contributed by atoms with Crippen molar-refractivity contribution < 1.29 is 13.2 Å². The zero-order valence-corrected chi connectivity index (χ0v) is 21.4. The first-order chi connectivity index (χ1) is 21.8. The number of fused-ring (bicyclic) bond motifs is 3. The molecule has 0 saturated heterocycles. The molecule has 210 valence electrons. The average Bonchev–Trinajstić information content (AvgIpc) is 3.74. The van der Waals surface area contributed by atoms with E-state index >= 15 is 0 Å². The van der Waals surface area contributed by atoms with Crippen LogP contribution in [0.1, 0.15) is 17.5 Å². The fourth-order valence-corrected chi connectivity index (χ4v) is 3.89. The molecule has 4 aromatic rings. The second-order valence-corrected chi connectivity index (χ2v) is 8.45. The zero-order valence-electron chi connectivity index (χ0n) is 21.4. The molecule has 0 fully saturated rings. The highest BCUT2D eigenvalue weighted by atomic mass is 19.1. The summed E-state index contributed by atoms with van der Waals surface area (Å²) in [5.74, 6) is -2.25. The van der Waals surface area contributed by atoms with Gasteiger partial charge in [0.05, 0.1) is 18.6 Å². The molecule has 45 heavy (non-hydrogen) atoms. The van der Waals surface area contributed by atoms with Crippen molar-refractivity contribution in [2.75, 3.05) is 0 Å². The molecule has 0 unspecified atom stereocenters. The number of aromatic nitrogens is 9.